The van der Waals surface area contributed by atoms with Crippen LogP contribution in [0.1, 0.15) is 58.9 Å². The molecule has 0 saturated heterocycles. The fourth-order valence-corrected chi connectivity index (χ4v) is 4.96. The first kappa shape index (κ1) is 15.6. The minimum absolute atomic E-state index is 0.200. The van der Waals surface area contributed by atoms with Gasteiger partial charge < -0.3 is 4.42 Å². The Morgan fingerprint density at radius 3 is 2.82 bits per heavy atom. The minimum atomic E-state index is 0.200. The lowest BCUT2D eigenvalue weighted by Gasteiger charge is -2.57. The summed E-state index contributed by atoms with van der Waals surface area (Å²) in [6.45, 7) is 9.35. The maximum absolute atomic E-state index is 12.2. The average molecular weight is 300 g/mol. The van der Waals surface area contributed by atoms with E-state index in [2.05, 4.69) is 33.8 Å². The van der Waals surface area contributed by atoms with Crippen molar-refractivity contribution in [2.24, 2.45) is 22.7 Å². The van der Waals surface area contributed by atoms with Crippen LogP contribution in [0.25, 0.3) is 0 Å². The van der Waals surface area contributed by atoms with Gasteiger partial charge in [-0.2, -0.15) is 0 Å². The summed E-state index contributed by atoms with van der Waals surface area (Å²) in [5.41, 5.74) is 2.99. The molecule has 1 aromatic rings. The Labute approximate surface area is 134 Å². The molecule has 0 aliphatic heterocycles. The molecule has 0 spiro atoms. The van der Waals surface area contributed by atoms with Gasteiger partial charge in [0.1, 0.15) is 0 Å². The second kappa shape index (κ2) is 5.40. The molecule has 1 heterocycles. The SMILES string of the molecule is CC1=CC(=O)C[C@H]2[C@](C)(CCc3ccoc3)[C@H](C)CC[C@@]12C. The first-order chi connectivity index (χ1) is 10.4. The highest BCUT2D eigenvalue weighted by molar-refractivity contribution is 5.92. The second-order valence-electron chi connectivity index (χ2n) is 8.04. The lowest BCUT2D eigenvalue weighted by Crippen LogP contribution is -2.51. The summed E-state index contributed by atoms with van der Waals surface area (Å²) in [5, 5.41) is 0. The van der Waals surface area contributed by atoms with Crippen LogP contribution in [0.5, 0.6) is 0 Å². The van der Waals surface area contributed by atoms with Gasteiger partial charge in [0.2, 0.25) is 0 Å². The van der Waals surface area contributed by atoms with E-state index < -0.39 is 0 Å². The molecule has 2 nitrogen and oxygen atoms in total. The number of furan rings is 1. The molecule has 22 heavy (non-hydrogen) atoms. The van der Waals surface area contributed by atoms with Crippen molar-refractivity contribution >= 4 is 5.78 Å². The first-order valence-electron chi connectivity index (χ1n) is 8.59. The fraction of sp³-hybridized carbons (Fsp3) is 0.650. The zero-order valence-corrected chi connectivity index (χ0v) is 14.3. The molecule has 0 N–H and O–H groups in total. The van der Waals surface area contributed by atoms with Gasteiger partial charge in [-0.1, -0.05) is 26.3 Å². The molecular formula is C20H28O2. The summed E-state index contributed by atoms with van der Waals surface area (Å²) < 4.78 is 5.21. The van der Waals surface area contributed by atoms with Crippen LogP contribution in [0.2, 0.25) is 0 Å². The molecule has 2 heteroatoms. The number of hydrogen-bond acceptors (Lipinski definition) is 2. The molecule has 1 saturated carbocycles. The lowest BCUT2D eigenvalue weighted by atomic mass is 9.47. The van der Waals surface area contributed by atoms with Crippen LogP contribution in [-0.4, -0.2) is 5.78 Å². The lowest BCUT2D eigenvalue weighted by molar-refractivity contribution is -0.123. The Kier molecular flexibility index (Phi) is 3.82. The van der Waals surface area contributed by atoms with Crippen LogP contribution in [0.3, 0.4) is 0 Å². The molecule has 4 atom stereocenters. The van der Waals surface area contributed by atoms with Gasteiger partial charge in [-0.3, -0.25) is 4.79 Å². The third-order valence-corrected chi connectivity index (χ3v) is 7.00. The van der Waals surface area contributed by atoms with Crippen LogP contribution in [0.15, 0.2) is 34.7 Å². The van der Waals surface area contributed by atoms with Crippen molar-refractivity contribution in [3.8, 4) is 0 Å². The highest BCUT2D eigenvalue weighted by atomic mass is 16.3. The van der Waals surface area contributed by atoms with E-state index in [-0.39, 0.29) is 10.8 Å². The number of aryl methyl sites for hydroxylation is 1. The predicted molar refractivity (Wildman–Crippen MR) is 88.5 cm³/mol. The zero-order valence-electron chi connectivity index (χ0n) is 14.3. The van der Waals surface area contributed by atoms with E-state index >= 15 is 0 Å². The Bertz CT molecular complexity index is 583. The van der Waals surface area contributed by atoms with Crippen molar-refractivity contribution in [3.05, 3.63) is 35.8 Å². The molecule has 0 amide bonds. The second-order valence-corrected chi connectivity index (χ2v) is 8.04. The average Bonchev–Trinajstić information content (AvgIpc) is 2.98. The summed E-state index contributed by atoms with van der Waals surface area (Å²) in [6.07, 6.45) is 10.9. The van der Waals surface area contributed by atoms with Gasteiger partial charge in [0.25, 0.3) is 0 Å². The van der Waals surface area contributed by atoms with E-state index in [1.54, 1.807) is 6.26 Å². The number of rotatable bonds is 3. The predicted octanol–water partition coefficient (Wildman–Crippen LogP) is 5.19. The van der Waals surface area contributed by atoms with E-state index in [0.29, 0.717) is 17.6 Å². The van der Waals surface area contributed by atoms with Crippen LogP contribution in [-0.2, 0) is 11.2 Å². The van der Waals surface area contributed by atoms with E-state index in [4.69, 9.17) is 4.42 Å². The molecule has 1 fully saturated rings. The number of carbonyl (C=O) groups excluding carboxylic acids is 1. The molecule has 0 bridgehead atoms. The largest absolute Gasteiger partial charge is 0.472 e. The monoisotopic (exact) mass is 300 g/mol. The molecule has 2 aliphatic rings. The molecule has 0 aromatic carbocycles. The third kappa shape index (κ3) is 2.37. The van der Waals surface area contributed by atoms with Crippen molar-refractivity contribution in [1.29, 1.82) is 0 Å². The molecule has 1 aromatic heterocycles. The Morgan fingerprint density at radius 2 is 2.14 bits per heavy atom. The van der Waals surface area contributed by atoms with Crippen LogP contribution < -0.4 is 0 Å². The highest BCUT2D eigenvalue weighted by Gasteiger charge is 2.54. The summed E-state index contributed by atoms with van der Waals surface area (Å²) in [5.74, 6) is 1.45. The Balaban J connectivity index is 1.90. The fourth-order valence-electron chi connectivity index (χ4n) is 4.96. The van der Waals surface area contributed by atoms with Crippen LogP contribution in [0, 0.1) is 22.7 Å². The normalized spacial score (nSPS) is 38.5. The van der Waals surface area contributed by atoms with Gasteiger partial charge in [-0.05, 0) is 73.0 Å². The van der Waals surface area contributed by atoms with Gasteiger partial charge in [0.05, 0.1) is 12.5 Å². The van der Waals surface area contributed by atoms with E-state index in [1.165, 1.54) is 24.0 Å². The smallest absolute Gasteiger partial charge is 0.155 e. The Morgan fingerprint density at radius 1 is 1.36 bits per heavy atom. The molecule has 0 unspecified atom stereocenters. The maximum atomic E-state index is 12.2. The van der Waals surface area contributed by atoms with Gasteiger partial charge in [0.15, 0.2) is 5.78 Å². The summed E-state index contributed by atoms with van der Waals surface area (Å²) in [4.78, 5) is 12.2. The molecule has 0 radical (unpaired) electrons. The van der Waals surface area contributed by atoms with Crippen LogP contribution >= 0.6 is 0 Å². The quantitative estimate of drug-likeness (QED) is 0.769. The molecule has 120 valence electrons. The zero-order chi connectivity index (χ0) is 16.0. The van der Waals surface area contributed by atoms with Crippen molar-refractivity contribution in [1.82, 2.24) is 0 Å². The van der Waals surface area contributed by atoms with E-state index in [0.717, 1.165) is 19.3 Å². The third-order valence-electron chi connectivity index (χ3n) is 7.00. The maximum Gasteiger partial charge on any atom is 0.155 e. The number of hydrogen-bond donors (Lipinski definition) is 0. The molecule has 3 rings (SSSR count). The van der Waals surface area contributed by atoms with Crippen molar-refractivity contribution in [3.63, 3.8) is 0 Å². The van der Waals surface area contributed by atoms with Crippen LogP contribution in [0.4, 0.5) is 0 Å². The number of ketones is 1. The number of fused-ring (bicyclic) bond motifs is 1. The van der Waals surface area contributed by atoms with Gasteiger partial charge >= 0.3 is 0 Å². The summed E-state index contributed by atoms with van der Waals surface area (Å²) in [7, 11) is 0. The Hall–Kier alpha value is -1.31. The van der Waals surface area contributed by atoms with Crippen molar-refractivity contribution < 1.29 is 9.21 Å². The van der Waals surface area contributed by atoms with Gasteiger partial charge in [0, 0.05) is 6.42 Å². The highest BCUT2D eigenvalue weighted by Crippen LogP contribution is 2.61. The first-order valence-corrected chi connectivity index (χ1v) is 8.59. The minimum Gasteiger partial charge on any atom is -0.472 e. The number of allylic oxidation sites excluding steroid dienone is 2. The van der Waals surface area contributed by atoms with Gasteiger partial charge in [-0.25, -0.2) is 0 Å². The van der Waals surface area contributed by atoms with E-state index in [9.17, 15) is 4.79 Å². The molecule has 2 aliphatic carbocycles. The topological polar surface area (TPSA) is 30.2 Å². The van der Waals surface area contributed by atoms with E-state index in [1.807, 2.05) is 12.3 Å². The standard InChI is InChI=1S/C20H28O2/c1-14-5-8-20(4)15(2)11-17(21)12-18(20)19(14,3)9-6-16-7-10-22-13-16/h7,10-11,13-14,18H,5-6,8-9,12H2,1-4H3/t14-,18+,19-,20+/m1/s1. The van der Waals surface area contributed by atoms with Crippen molar-refractivity contribution in [2.75, 3.05) is 0 Å². The number of carbonyl (C=O) groups is 1. The van der Waals surface area contributed by atoms with Gasteiger partial charge in [-0.15, -0.1) is 0 Å². The van der Waals surface area contributed by atoms with Crippen molar-refractivity contribution in [2.45, 2.75) is 59.8 Å². The summed E-state index contributed by atoms with van der Waals surface area (Å²) >= 11 is 0. The summed E-state index contributed by atoms with van der Waals surface area (Å²) in [6, 6.07) is 2.06. The molecular weight excluding hydrogens is 272 g/mol.